The molecule has 2 heterocycles. The van der Waals surface area contributed by atoms with E-state index in [1.807, 2.05) is 6.07 Å². The molecule has 1 aliphatic rings. The Morgan fingerprint density at radius 2 is 1.78 bits per heavy atom. The van der Waals surface area contributed by atoms with Gasteiger partial charge >= 0.3 is 0 Å². The lowest BCUT2D eigenvalue weighted by Gasteiger charge is -2.29. The lowest BCUT2D eigenvalue weighted by molar-refractivity contribution is 0.122. The Balaban J connectivity index is 1.85. The fourth-order valence-electron chi connectivity index (χ4n) is 2.95. The molecule has 2 aromatic carbocycles. The van der Waals surface area contributed by atoms with Gasteiger partial charge in [0.2, 0.25) is 15.8 Å². The van der Waals surface area contributed by atoms with Crippen LogP contribution in [-0.4, -0.2) is 44.1 Å². The highest BCUT2D eigenvalue weighted by molar-refractivity contribution is 7.91. The highest BCUT2D eigenvalue weighted by Crippen LogP contribution is 2.33. The molecule has 1 fully saturated rings. The third kappa shape index (κ3) is 3.66. The van der Waals surface area contributed by atoms with E-state index in [1.54, 1.807) is 42.5 Å². The van der Waals surface area contributed by atoms with Gasteiger partial charge in [-0.25, -0.2) is 8.42 Å². The second kappa shape index (κ2) is 7.26. The Morgan fingerprint density at radius 1 is 1.04 bits per heavy atom. The molecule has 0 radical (unpaired) electrons. The highest BCUT2D eigenvalue weighted by Gasteiger charge is 2.22. The van der Waals surface area contributed by atoms with E-state index in [1.165, 1.54) is 0 Å². The van der Waals surface area contributed by atoms with Gasteiger partial charge in [0.15, 0.2) is 0 Å². The Hall–Kier alpha value is -2.49. The standard InChI is InChI=1S/C18H18N4O3S2/c19-18-20-17(26-21-18)13-10-14(22-6-8-25-9-7-22)12-16(11-13)27(23,24)15-4-2-1-3-5-15/h1-5,10-12H,6-9H2,(H2,19,21). The summed E-state index contributed by atoms with van der Waals surface area (Å²) in [7, 11) is -3.66. The molecule has 0 saturated carbocycles. The molecule has 7 nitrogen and oxygen atoms in total. The van der Waals surface area contributed by atoms with Crippen LogP contribution in [0.4, 0.5) is 11.6 Å². The maximum absolute atomic E-state index is 13.2. The smallest absolute Gasteiger partial charge is 0.232 e. The summed E-state index contributed by atoms with van der Waals surface area (Å²) in [6, 6.07) is 13.7. The fraction of sp³-hybridized carbons (Fsp3) is 0.222. The first-order chi connectivity index (χ1) is 13.0. The van der Waals surface area contributed by atoms with Crippen molar-refractivity contribution in [3.63, 3.8) is 0 Å². The van der Waals surface area contributed by atoms with Crippen molar-refractivity contribution >= 4 is 33.0 Å². The number of hydrogen-bond acceptors (Lipinski definition) is 8. The average Bonchev–Trinajstić information content (AvgIpc) is 3.15. The summed E-state index contributed by atoms with van der Waals surface area (Å²) in [5.74, 6) is 0.180. The van der Waals surface area contributed by atoms with Crippen molar-refractivity contribution < 1.29 is 13.2 Å². The Morgan fingerprint density at radius 3 is 2.44 bits per heavy atom. The molecule has 9 heteroatoms. The second-order valence-corrected chi connectivity index (χ2v) is 8.79. The van der Waals surface area contributed by atoms with Crippen molar-refractivity contribution in [3.05, 3.63) is 48.5 Å². The van der Waals surface area contributed by atoms with Gasteiger partial charge in [-0.1, -0.05) is 18.2 Å². The largest absolute Gasteiger partial charge is 0.378 e. The molecular formula is C18H18N4O3S2. The lowest BCUT2D eigenvalue weighted by Crippen LogP contribution is -2.36. The average molecular weight is 403 g/mol. The molecule has 2 N–H and O–H groups in total. The van der Waals surface area contributed by atoms with E-state index in [0.29, 0.717) is 36.9 Å². The summed E-state index contributed by atoms with van der Waals surface area (Å²) < 4.78 is 35.7. The van der Waals surface area contributed by atoms with Crippen LogP contribution < -0.4 is 10.6 Å². The van der Waals surface area contributed by atoms with Crippen LogP contribution in [-0.2, 0) is 14.6 Å². The third-order valence-corrected chi connectivity index (χ3v) is 6.85. The van der Waals surface area contributed by atoms with E-state index in [-0.39, 0.29) is 15.7 Å². The van der Waals surface area contributed by atoms with Crippen LogP contribution in [0.5, 0.6) is 0 Å². The monoisotopic (exact) mass is 402 g/mol. The molecule has 140 valence electrons. The Bertz CT molecular complexity index is 1050. The summed E-state index contributed by atoms with van der Waals surface area (Å²) in [5.41, 5.74) is 7.16. The van der Waals surface area contributed by atoms with Crippen LogP contribution in [0.15, 0.2) is 58.3 Å². The van der Waals surface area contributed by atoms with E-state index in [2.05, 4.69) is 14.3 Å². The number of hydrogen-bond donors (Lipinski definition) is 1. The minimum Gasteiger partial charge on any atom is -0.378 e. The fourth-order valence-corrected chi connectivity index (χ4v) is 4.88. The van der Waals surface area contributed by atoms with Crippen LogP contribution in [0.25, 0.3) is 10.6 Å². The summed E-state index contributed by atoms with van der Waals surface area (Å²) in [6.07, 6.45) is 0. The van der Waals surface area contributed by atoms with Crippen LogP contribution in [0.2, 0.25) is 0 Å². The van der Waals surface area contributed by atoms with Crippen molar-refractivity contribution in [3.8, 4) is 10.6 Å². The first-order valence-corrected chi connectivity index (χ1v) is 10.7. The van der Waals surface area contributed by atoms with Crippen molar-refractivity contribution in [2.45, 2.75) is 9.79 Å². The number of nitrogens with zero attached hydrogens (tertiary/aromatic N) is 3. The van der Waals surface area contributed by atoms with Gasteiger partial charge in [0.25, 0.3) is 0 Å². The number of aromatic nitrogens is 2. The topological polar surface area (TPSA) is 98.4 Å². The minimum atomic E-state index is -3.66. The molecule has 0 spiro atoms. The van der Waals surface area contributed by atoms with Gasteiger partial charge in [0.1, 0.15) is 5.01 Å². The molecule has 3 aromatic rings. The first-order valence-electron chi connectivity index (χ1n) is 8.41. The number of sulfone groups is 1. The molecule has 0 amide bonds. The quantitative estimate of drug-likeness (QED) is 0.716. The number of anilines is 2. The van der Waals surface area contributed by atoms with Crippen molar-refractivity contribution in [2.24, 2.45) is 0 Å². The van der Waals surface area contributed by atoms with E-state index in [0.717, 1.165) is 17.2 Å². The number of benzene rings is 2. The van der Waals surface area contributed by atoms with Gasteiger partial charge in [-0.05, 0) is 41.9 Å². The molecular weight excluding hydrogens is 384 g/mol. The Labute approximate surface area is 161 Å². The summed E-state index contributed by atoms with van der Waals surface area (Å²) >= 11 is 1.15. The van der Waals surface area contributed by atoms with Crippen LogP contribution in [0, 0.1) is 0 Å². The van der Waals surface area contributed by atoms with Crippen molar-refractivity contribution in [1.82, 2.24) is 9.36 Å². The molecule has 1 aliphatic heterocycles. The molecule has 0 aliphatic carbocycles. The van der Waals surface area contributed by atoms with Gasteiger partial charge in [0, 0.05) is 24.3 Å². The highest BCUT2D eigenvalue weighted by atomic mass is 32.2. The molecule has 0 unspecified atom stereocenters. The Kier molecular flexibility index (Phi) is 4.81. The minimum absolute atomic E-state index is 0.180. The van der Waals surface area contributed by atoms with E-state index in [9.17, 15) is 8.42 Å². The van der Waals surface area contributed by atoms with E-state index >= 15 is 0 Å². The summed E-state index contributed by atoms with van der Waals surface area (Å²) in [5, 5.41) is 0.590. The van der Waals surface area contributed by atoms with Crippen LogP contribution in [0.1, 0.15) is 0 Å². The number of nitrogens with two attached hydrogens (primary N) is 1. The molecule has 0 bridgehead atoms. The predicted molar refractivity (Wildman–Crippen MR) is 105 cm³/mol. The van der Waals surface area contributed by atoms with Crippen molar-refractivity contribution in [2.75, 3.05) is 36.9 Å². The first kappa shape index (κ1) is 17.9. The molecule has 4 rings (SSSR count). The molecule has 1 aromatic heterocycles. The van der Waals surface area contributed by atoms with Gasteiger partial charge in [-0.2, -0.15) is 9.36 Å². The van der Waals surface area contributed by atoms with Crippen LogP contribution >= 0.6 is 11.5 Å². The third-order valence-electron chi connectivity index (χ3n) is 4.32. The normalized spacial score (nSPS) is 15.0. The zero-order valence-electron chi connectivity index (χ0n) is 14.4. The van der Waals surface area contributed by atoms with Gasteiger partial charge < -0.3 is 15.4 Å². The van der Waals surface area contributed by atoms with Crippen LogP contribution in [0.3, 0.4) is 0 Å². The van der Waals surface area contributed by atoms with Gasteiger partial charge in [-0.15, -0.1) is 0 Å². The molecule has 1 saturated heterocycles. The van der Waals surface area contributed by atoms with Gasteiger partial charge in [-0.3, -0.25) is 0 Å². The number of morpholine rings is 1. The number of ether oxygens (including phenoxy) is 1. The predicted octanol–water partition coefficient (Wildman–Crippen LogP) is 2.46. The second-order valence-electron chi connectivity index (χ2n) is 6.09. The van der Waals surface area contributed by atoms with E-state index in [4.69, 9.17) is 10.5 Å². The number of nitrogen functional groups attached to an aromatic ring is 1. The lowest BCUT2D eigenvalue weighted by atomic mass is 10.2. The maximum atomic E-state index is 13.2. The number of rotatable bonds is 4. The van der Waals surface area contributed by atoms with Crippen molar-refractivity contribution in [1.29, 1.82) is 0 Å². The molecule has 0 atom stereocenters. The summed E-state index contributed by atoms with van der Waals surface area (Å²) in [6.45, 7) is 2.62. The van der Waals surface area contributed by atoms with Gasteiger partial charge in [0.05, 0.1) is 23.0 Å². The summed E-state index contributed by atoms with van der Waals surface area (Å²) in [4.78, 5) is 6.80. The molecule has 27 heavy (non-hydrogen) atoms. The maximum Gasteiger partial charge on any atom is 0.232 e. The zero-order chi connectivity index (χ0) is 18.9. The SMILES string of the molecule is Nc1nsc(-c2cc(N3CCOCC3)cc(S(=O)(=O)c3ccccc3)c2)n1. The zero-order valence-corrected chi connectivity index (χ0v) is 16.0. The van der Waals surface area contributed by atoms with E-state index < -0.39 is 9.84 Å².